The second-order valence-corrected chi connectivity index (χ2v) is 3.79. The van der Waals surface area contributed by atoms with Crippen molar-refractivity contribution in [3.05, 3.63) is 21.7 Å². The Morgan fingerprint density at radius 1 is 1.57 bits per heavy atom. The van der Waals surface area contributed by atoms with E-state index in [1.165, 1.54) is 14.0 Å². The van der Waals surface area contributed by atoms with Crippen LogP contribution in [-0.2, 0) is 0 Å². The van der Waals surface area contributed by atoms with E-state index in [9.17, 15) is 9.90 Å². The molecule has 14 heavy (non-hydrogen) atoms. The Bertz CT molecular complexity index is 385. The smallest absolute Gasteiger partial charge is 0.163 e. The van der Waals surface area contributed by atoms with E-state index in [-0.39, 0.29) is 11.5 Å². The van der Waals surface area contributed by atoms with Gasteiger partial charge in [-0.05, 0) is 41.4 Å². The van der Waals surface area contributed by atoms with Crippen molar-refractivity contribution < 1.29 is 14.6 Å². The fourth-order valence-electron chi connectivity index (χ4n) is 1.21. The van der Waals surface area contributed by atoms with Crippen molar-refractivity contribution in [2.75, 3.05) is 7.11 Å². The van der Waals surface area contributed by atoms with Gasteiger partial charge in [-0.3, -0.25) is 4.79 Å². The van der Waals surface area contributed by atoms with E-state index in [1.807, 2.05) is 0 Å². The van der Waals surface area contributed by atoms with Crippen molar-refractivity contribution in [1.82, 2.24) is 0 Å². The second kappa shape index (κ2) is 4.00. The summed E-state index contributed by atoms with van der Waals surface area (Å²) >= 11 is 3.18. The molecule has 0 aromatic heterocycles. The molecular formula is C10H11BrO3. The zero-order valence-corrected chi connectivity index (χ0v) is 9.81. The zero-order chi connectivity index (χ0) is 10.9. The summed E-state index contributed by atoms with van der Waals surface area (Å²) < 4.78 is 5.47. The summed E-state index contributed by atoms with van der Waals surface area (Å²) in [7, 11) is 1.46. The van der Waals surface area contributed by atoms with E-state index >= 15 is 0 Å². The molecule has 0 bridgehead atoms. The third kappa shape index (κ3) is 1.75. The minimum absolute atomic E-state index is 0.0920. The van der Waals surface area contributed by atoms with E-state index in [4.69, 9.17) is 4.74 Å². The summed E-state index contributed by atoms with van der Waals surface area (Å²) in [6.45, 7) is 3.19. The van der Waals surface area contributed by atoms with Gasteiger partial charge in [0.25, 0.3) is 0 Å². The number of rotatable bonds is 2. The first-order chi connectivity index (χ1) is 6.49. The van der Waals surface area contributed by atoms with Crippen LogP contribution < -0.4 is 4.74 Å². The Kier molecular flexibility index (Phi) is 3.16. The van der Waals surface area contributed by atoms with Crippen LogP contribution in [0.5, 0.6) is 11.5 Å². The van der Waals surface area contributed by atoms with Gasteiger partial charge in [0.05, 0.1) is 12.7 Å². The number of aromatic hydroxyl groups is 1. The molecule has 1 N–H and O–H groups in total. The van der Waals surface area contributed by atoms with E-state index < -0.39 is 0 Å². The van der Waals surface area contributed by atoms with Crippen LogP contribution in [0.4, 0.5) is 0 Å². The number of benzene rings is 1. The number of carbonyl (C=O) groups is 1. The summed E-state index contributed by atoms with van der Waals surface area (Å²) in [5.41, 5.74) is 1.11. The predicted molar refractivity (Wildman–Crippen MR) is 57.1 cm³/mol. The van der Waals surface area contributed by atoms with Crippen LogP contribution in [0.15, 0.2) is 10.5 Å². The number of phenolic OH excluding ortho intramolecular Hbond substituents is 1. The number of hydrogen-bond donors (Lipinski definition) is 1. The predicted octanol–water partition coefficient (Wildman–Crippen LogP) is 2.67. The van der Waals surface area contributed by atoms with Crippen molar-refractivity contribution in [2.24, 2.45) is 0 Å². The number of Topliss-reactive ketones (excluding diaryl/α,β-unsaturated/α-hetero) is 1. The highest BCUT2D eigenvalue weighted by molar-refractivity contribution is 9.10. The number of aryl methyl sites for hydroxylation is 1. The van der Waals surface area contributed by atoms with E-state index in [0.717, 1.165) is 0 Å². The third-order valence-corrected chi connectivity index (χ3v) is 2.71. The Morgan fingerprint density at radius 2 is 2.14 bits per heavy atom. The highest BCUT2D eigenvalue weighted by Crippen LogP contribution is 2.39. The van der Waals surface area contributed by atoms with E-state index in [2.05, 4.69) is 15.9 Å². The molecule has 0 amide bonds. The van der Waals surface area contributed by atoms with Crippen LogP contribution in [0.1, 0.15) is 22.8 Å². The molecule has 0 aliphatic carbocycles. The molecule has 1 rings (SSSR count). The molecule has 0 aliphatic rings. The van der Waals surface area contributed by atoms with Gasteiger partial charge in [-0.1, -0.05) is 0 Å². The van der Waals surface area contributed by atoms with Crippen LogP contribution in [0.3, 0.4) is 0 Å². The summed E-state index contributed by atoms with van der Waals surface area (Å²) in [6, 6.07) is 1.61. The van der Waals surface area contributed by atoms with Crippen LogP contribution in [0.25, 0.3) is 0 Å². The first-order valence-corrected chi connectivity index (χ1v) is 4.85. The first-order valence-electron chi connectivity index (χ1n) is 4.06. The number of carbonyl (C=O) groups excluding carboxylic acids is 1. The van der Waals surface area contributed by atoms with Gasteiger partial charge in [0.2, 0.25) is 0 Å². The van der Waals surface area contributed by atoms with Crippen molar-refractivity contribution in [2.45, 2.75) is 13.8 Å². The lowest BCUT2D eigenvalue weighted by atomic mass is 10.1. The van der Waals surface area contributed by atoms with Crippen LogP contribution >= 0.6 is 15.9 Å². The van der Waals surface area contributed by atoms with Crippen molar-refractivity contribution in [3.63, 3.8) is 0 Å². The average Bonchev–Trinajstić information content (AvgIpc) is 2.13. The highest BCUT2D eigenvalue weighted by atomic mass is 79.9. The SMILES string of the molecule is COc1c(C(C)=O)cc(C)c(O)c1Br. The fraction of sp³-hybridized carbons (Fsp3) is 0.300. The number of hydrogen-bond acceptors (Lipinski definition) is 3. The molecule has 4 heteroatoms. The Hall–Kier alpha value is -1.03. The summed E-state index contributed by atoms with van der Waals surface area (Å²) in [5, 5.41) is 9.59. The molecule has 0 fully saturated rings. The Labute approximate surface area is 90.8 Å². The van der Waals surface area contributed by atoms with Crippen LogP contribution in [0.2, 0.25) is 0 Å². The molecule has 0 saturated carbocycles. The van der Waals surface area contributed by atoms with Gasteiger partial charge in [0.15, 0.2) is 5.78 Å². The molecular weight excluding hydrogens is 248 g/mol. The molecule has 0 atom stereocenters. The second-order valence-electron chi connectivity index (χ2n) is 2.99. The summed E-state index contributed by atoms with van der Waals surface area (Å²) in [4.78, 5) is 11.3. The monoisotopic (exact) mass is 258 g/mol. The molecule has 0 heterocycles. The van der Waals surface area contributed by atoms with Crippen LogP contribution in [0, 0.1) is 6.92 Å². The maximum absolute atomic E-state index is 11.3. The van der Waals surface area contributed by atoms with Gasteiger partial charge in [-0.25, -0.2) is 0 Å². The van der Waals surface area contributed by atoms with Gasteiger partial charge < -0.3 is 9.84 Å². The maximum Gasteiger partial charge on any atom is 0.163 e. The third-order valence-electron chi connectivity index (χ3n) is 1.97. The van der Waals surface area contributed by atoms with E-state index in [0.29, 0.717) is 21.3 Å². The number of methoxy groups -OCH3 is 1. The maximum atomic E-state index is 11.3. The molecule has 76 valence electrons. The van der Waals surface area contributed by atoms with Gasteiger partial charge in [0.1, 0.15) is 16.0 Å². The largest absolute Gasteiger partial charge is 0.506 e. The summed E-state index contributed by atoms with van der Waals surface area (Å²) in [6.07, 6.45) is 0. The standard InChI is InChI=1S/C10H11BrO3/c1-5-4-7(6(2)12)10(14-3)8(11)9(5)13/h4,13H,1-3H3. The molecule has 0 saturated heterocycles. The molecule has 3 nitrogen and oxygen atoms in total. The van der Waals surface area contributed by atoms with Gasteiger partial charge in [-0.15, -0.1) is 0 Å². The molecule has 0 spiro atoms. The molecule has 1 aromatic carbocycles. The fourth-order valence-corrected chi connectivity index (χ4v) is 1.90. The lowest BCUT2D eigenvalue weighted by molar-refractivity contribution is 0.101. The number of ketones is 1. The van der Waals surface area contributed by atoms with Gasteiger partial charge in [0, 0.05) is 0 Å². The molecule has 0 aliphatic heterocycles. The number of ether oxygens (including phenoxy) is 1. The number of halogens is 1. The van der Waals surface area contributed by atoms with Gasteiger partial charge >= 0.3 is 0 Å². The Morgan fingerprint density at radius 3 is 2.57 bits per heavy atom. The van der Waals surface area contributed by atoms with Crippen LogP contribution in [-0.4, -0.2) is 18.0 Å². The van der Waals surface area contributed by atoms with Gasteiger partial charge in [-0.2, -0.15) is 0 Å². The van der Waals surface area contributed by atoms with Crippen molar-refractivity contribution >= 4 is 21.7 Å². The van der Waals surface area contributed by atoms with E-state index in [1.54, 1.807) is 13.0 Å². The van der Waals surface area contributed by atoms with Crippen molar-refractivity contribution in [1.29, 1.82) is 0 Å². The lowest BCUT2D eigenvalue weighted by Gasteiger charge is -2.11. The number of phenols is 1. The van der Waals surface area contributed by atoms with Crippen molar-refractivity contribution in [3.8, 4) is 11.5 Å². The minimum Gasteiger partial charge on any atom is -0.506 e. The topological polar surface area (TPSA) is 46.5 Å². The first kappa shape index (κ1) is 11.0. The Balaban J connectivity index is 3.51. The normalized spacial score (nSPS) is 10.0. The summed E-state index contributed by atoms with van der Waals surface area (Å²) in [5.74, 6) is 0.387. The highest BCUT2D eigenvalue weighted by Gasteiger charge is 2.16. The minimum atomic E-state index is -0.0920. The average molecular weight is 259 g/mol. The lowest BCUT2D eigenvalue weighted by Crippen LogP contribution is -1.99. The quantitative estimate of drug-likeness (QED) is 0.830. The molecule has 1 aromatic rings. The zero-order valence-electron chi connectivity index (χ0n) is 8.22. The molecule has 0 unspecified atom stereocenters. The molecule has 0 radical (unpaired) electrons.